The van der Waals surface area contributed by atoms with Crippen molar-refractivity contribution in [3.63, 3.8) is 0 Å². The van der Waals surface area contributed by atoms with Gasteiger partial charge in [-0.2, -0.15) is 0 Å². The number of halogens is 1. The van der Waals surface area contributed by atoms with Crippen molar-refractivity contribution in [2.45, 2.75) is 19.0 Å². The SMILES string of the molecule is CC(=O)c1ccc(N2C(=O)[C@@H]3[C@H](C2=O)[C@@H](C(=O)c2ccc(Br)cc2)N2C=CC(C(=O)c4ccccc4)=C[C@@H]32)cc1. The molecule has 4 atom stereocenters. The topological polar surface area (TPSA) is 91.8 Å². The Morgan fingerprint density at radius 2 is 1.38 bits per heavy atom. The summed E-state index contributed by atoms with van der Waals surface area (Å²) >= 11 is 3.38. The lowest BCUT2D eigenvalue weighted by Crippen LogP contribution is -2.46. The van der Waals surface area contributed by atoms with E-state index in [0.29, 0.717) is 28.0 Å². The summed E-state index contributed by atoms with van der Waals surface area (Å²) in [6, 6.07) is 20.4. The number of allylic oxidation sites excluding steroid dienone is 2. The van der Waals surface area contributed by atoms with Crippen LogP contribution in [0.3, 0.4) is 0 Å². The predicted octanol–water partition coefficient (Wildman–Crippen LogP) is 5.03. The molecule has 3 aromatic rings. The van der Waals surface area contributed by atoms with Crippen LogP contribution in [0.1, 0.15) is 38.0 Å². The van der Waals surface area contributed by atoms with E-state index in [0.717, 1.165) is 9.37 Å². The van der Waals surface area contributed by atoms with E-state index < -0.39 is 35.7 Å². The van der Waals surface area contributed by atoms with Gasteiger partial charge in [-0.1, -0.05) is 64.5 Å². The van der Waals surface area contributed by atoms with E-state index in [1.807, 2.05) is 6.07 Å². The average molecular weight is 595 g/mol. The summed E-state index contributed by atoms with van der Waals surface area (Å²) in [5.41, 5.74) is 2.12. The fourth-order valence-corrected chi connectivity index (χ4v) is 6.10. The number of rotatable bonds is 6. The Bertz CT molecular complexity index is 1630. The van der Waals surface area contributed by atoms with Gasteiger partial charge in [0.25, 0.3) is 0 Å². The Morgan fingerprint density at radius 1 is 0.750 bits per heavy atom. The third-order valence-electron chi connectivity index (χ3n) is 7.78. The van der Waals surface area contributed by atoms with Gasteiger partial charge >= 0.3 is 0 Å². The number of benzene rings is 3. The molecule has 0 aromatic heterocycles. The van der Waals surface area contributed by atoms with Gasteiger partial charge in [0, 0.05) is 32.9 Å². The molecule has 0 spiro atoms. The number of amides is 2. The molecule has 0 aliphatic carbocycles. The van der Waals surface area contributed by atoms with Crippen LogP contribution in [0.4, 0.5) is 5.69 Å². The molecule has 2 saturated heterocycles. The van der Waals surface area contributed by atoms with Crippen LogP contribution in [0.5, 0.6) is 0 Å². The standard InChI is InChI=1S/C32H23BrN2O5/c1-18(36)19-9-13-24(14-10-19)35-31(39)26-25-17-22(29(37)20-5-3-2-4-6-20)15-16-34(25)28(27(26)32(35)40)30(38)21-7-11-23(33)12-8-21/h2-17,25-28H,1H3/t25-,26-,27-,28-/m0/s1. The average Bonchev–Trinajstić information content (AvgIpc) is 3.44. The molecule has 3 aliphatic rings. The Labute approximate surface area is 238 Å². The lowest BCUT2D eigenvalue weighted by molar-refractivity contribution is -0.123. The lowest BCUT2D eigenvalue weighted by atomic mass is 9.85. The van der Waals surface area contributed by atoms with Crippen molar-refractivity contribution in [3.05, 3.63) is 124 Å². The van der Waals surface area contributed by atoms with Gasteiger partial charge in [-0.3, -0.25) is 24.0 Å². The maximum atomic E-state index is 13.9. The number of ketones is 3. The van der Waals surface area contributed by atoms with E-state index in [-0.39, 0.29) is 17.3 Å². The number of nitrogens with zero attached hydrogens (tertiary/aromatic N) is 2. The Hall–Kier alpha value is -4.43. The van der Waals surface area contributed by atoms with Crippen molar-refractivity contribution in [3.8, 4) is 0 Å². The van der Waals surface area contributed by atoms with Gasteiger partial charge in [0.1, 0.15) is 6.04 Å². The summed E-state index contributed by atoms with van der Waals surface area (Å²) in [6.07, 6.45) is 5.00. The highest BCUT2D eigenvalue weighted by Gasteiger charge is 2.63. The first kappa shape index (κ1) is 25.8. The van der Waals surface area contributed by atoms with E-state index in [4.69, 9.17) is 0 Å². The molecule has 7 nitrogen and oxygen atoms in total. The molecular formula is C32H23BrN2O5. The first-order valence-electron chi connectivity index (χ1n) is 12.8. The van der Waals surface area contributed by atoms with Crippen LogP contribution in [0.25, 0.3) is 0 Å². The summed E-state index contributed by atoms with van der Waals surface area (Å²) in [4.78, 5) is 69.6. The molecule has 3 aliphatic heterocycles. The van der Waals surface area contributed by atoms with Crippen molar-refractivity contribution in [2.24, 2.45) is 11.8 Å². The second-order valence-corrected chi connectivity index (χ2v) is 11.0. The molecule has 0 saturated carbocycles. The molecule has 0 bridgehead atoms. The number of carbonyl (C=O) groups is 5. The van der Waals surface area contributed by atoms with Crippen LogP contribution in [-0.2, 0) is 9.59 Å². The van der Waals surface area contributed by atoms with Crippen LogP contribution in [-0.4, -0.2) is 46.1 Å². The zero-order chi connectivity index (χ0) is 28.1. The summed E-state index contributed by atoms with van der Waals surface area (Å²) in [5, 5.41) is 0. The predicted molar refractivity (Wildman–Crippen MR) is 152 cm³/mol. The van der Waals surface area contributed by atoms with Gasteiger partial charge in [0.2, 0.25) is 11.8 Å². The number of hydrogen-bond acceptors (Lipinski definition) is 6. The summed E-state index contributed by atoms with van der Waals surface area (Å²) in [6.45, 7) is 1.44. The number of anilines is 1. The zero-order valence-corrected chi connectivity index (χ0v) is 22.9. The number of imide groups is 1. The number of fused-ring (bicyclic) bond motifs is 3. The second kappa shape index (κ2) is 9.95. The minimum atomic E-state index is -0.951. The normalized spacial score (nSPS) is 23.1. The van der Waals surface area contributed by atoms with Gasteiger partial charge < -0.3 is 4.90 Å². The van der Waals surface area contributed by atoms with E-state index in [9.17, 15) is 24.0 Å². The van der Waals surface area contributed by atoms with E-state index in [1.165, 1.54) is 6.92 Å². The summed E-state index contributed by atoms with van der Waals surface area (Å²) in [5.74, 6) is -3.35. The number of carbonyl (C=O) groups excluding carboxylic acids is 5. The van der Waals surface area contributed by atoms with Crippen LogP contribution in [0.15, 0.2) is 107 Å². The van der Waals surface area contributed by atoms with E-state index >= 15 is 0 Å². The highest BCUT2D eigenvalue weighted by atomic mass is 79.9. The van der Waals surface area contributed by atoms with Crippen molar-refractivity contribution in [1.29, 1.82) is 0 Å². The van der Waals surface area contributed by atoms with Gasteiger partial charge in [0.15, 0.2) is 17.3 Å². The van der Waals surface area contributed by atoms with Gasteiger partial charge in [-0.05, 0) is 49.4 Å². The molecule has 3 aromatic carbocycles. The minimum Gasteiger partial charge on any atom is -0.359 e. The Kier molecular flexibility index (Phi) is 6.43. The second-order valence-electron chi connectivity index (χ2n) is 10.1. The highest BCUT2D eigenvalue weighted by Crippen LogP contribution is 2.47. The molecule has 40 heavy (non-hydrogen) atoms. The molecule has 0 unspecified atom stereocenters. The van der Waals surface area contributed by atoms with Crippen LogP contribution < -0.4 is 4.90 Å². The van der Waals surface area contributed by atoms with Crippen LogP contribution in [0.2, 0.25) is 0 Å². The highest BCUT2D eigenvalue weighted by molar-refractivity contribution is 9.10. The maximum Gasteiger partial charge on any atom is 0.240 e. The first-order chi connectivity index (χ1) is 19.3. The van der Waals surface area contributed by atoms with Gasteiger partial charge in [-0.25, -0.2) is 4.90 Å². The zero-order valence-electron chi connectivity index (χ0n) is 21.4. The quantitative estimate of drug-likeness (QED) is 0.293. The van der Waals surface area contributed by atoms with Crippen molar-refractivity contribution < 1.29 is 24.0 Å². The summed E-state index contributed by atoms with van der Waals surface area (Å²) < 4.78 is 0.809. The number of Topliss-reactive ketones (excluding diaryl/α,β-unsaturated/α-hetero) is 3. The summed E-state index contributed by atoms with van der Waals surface area (Å²) in [7, 11) is 0. The molecule has 6 rings (SSSR count). The lowest BCUT2D eigenvalue weighted by Gasteiger charge is -2.32. The molecule has 2 amide bonds. The number of hydrogen-bond donors (Lipinski definition) is 0. The van der Waals surface area contributed by atoms with E-state index in [2.05, 4.69) is 15.9 Å². The van der Waals surface area contributed by atoms with Crippen molar-refractivity contribution >= 4 is 50.8 Å². The molecule has 198 valence electrons. The monoisotopic (exact) mass is 594 g/mol. The van der Waals surface area contributed by atoms with E-state index in [1.54, 1.807) is 96.0 Å². The smallest absolute Gasteiger partial charge is 0.240 e. The minimum absolute atomic E-state index is 0.131. The molecule has 0 N–H and O–H groups in total. The van der Waals surface area contributed by atoms with Crippen molar-refractivity contribution in [1.82, 2.24) is 4.90 Å². The van der Waals surface area contributed by atoms with Crippen LogP contribution >= 0.6 is 15.9 Å². The Morgan fingerprint density at radius 3 is 2.02 bits per heavy atom. The molecule has 3 heterocycles. The van der Waals surface area contributed by atoms with Gasteiger partial charge in [0.05, 0.1) is 23.6 Å². The fraction of sp³-hybridized carbons (Fsp3) is 0.156. The van der Waals surface area contributed by atoms with Crippen LogP contribution in [0, 0.1) is 11.8 Å². The largest absolute Gasteiger partial charge is 0.359 e. The molecular weight excluding hydrogens is 572 g/mol. The first-order valence-corrected chi connectivity index (χ1v) is 13.6. The maximum absolute atomic E-state index is 13.9. The molecule has 2 fully saturated rings. The van der Waals surface area contributed by atoms with Gasteiger partial charge in [-0.15, -0.1) is 0 Å². The third-order valence-corrected chi connectivity index (χ3v) is 8.30. The molecule has 8 heteroatoms. The van der Waals surface area contributed by atoms with Crippen molar-refractivity contribution in [2.75, 3.05) is 4.90 Å². The third kappa shape index (κ3) is 4.16. The fourth-order valence-electron chi connectivity index (χ4n) is 5.84. The molecule has 0 radical (unpaired) electrons. The Balaban J connectivity index is 1.42.